The maximum absolute atomic E-state index is 6.16. The van der Waals surface area contributed by atoms with Crippen molar-refractivity contribution >= 4 is 43.5 Å². The van der Waals surface area contributed by atoms with Crippen LogP contribution in [-0.4, -0.2) is 10.3 Å². The molecule has 1 atom stereocenters. The van der Waals surface area contributed by atoms with Crippen molar-refractivity contribution in [1.29, 1.82) is 0 Å². The van der Waals surface area contributed by atoms with Crippen LogP contribution in [-0.2, 0) is 6.42 Å². The highest BCUT2D eigenvalue weighted by Crippen LogP contribution is 2.30. The molecule has 94 valence electrons. The van der Waals surface area contributed by atoms with E-state index < -0.39 is 0 Å². The summed E-state index contributed by atoms with van der Waals surface area (Å²) in [6.45, 7) is 0. The van der Waals surface area contributed by atoms with Crippen LogP contribution in [0.5, 0.6) is 0 Å². The molecular weight excluding hydrogens is 377 g/mol. The van der Waals surface area contributed by atoms with Gasteiger partial charge < -0.3 is 0 Å². The third kappa shape index (κ3) is 3.34. The molecule has 0 amide bonds. The van der Waals surface area contributed by atoms with Gasteiger partial charge in [-0.1, -0.05) is 61.7 Å². The number of pyridine rings is 1. The summed E-state index contributed by atoms with van der Waals surface area (Å²) in [5.74, 6) is 0.389. The molecule has 1 aromatic heterocycles. The van der Waals surface area contributed by atoms with Crippen LogP contribution in [0.3, 0.4) is 0 Å². The highest BCUT2D eigenvalue weighted by Gasteiger charge is 2.15. The molecule has 18 heavy (non-hydrogen) atoms. The van der Waals surface area contributed by atoms with Gasteiger partial charge in [0.1, 0.15) is 0 Å². The Kier molecular flexibility index (Phi) is 5.22. The number of halogens is 3. The fourth-order valence-electron chi connectivity index (χ4n) is 1.89. The molecule has 1 heterocycles. The lowest BCUT2D eigenvalue weighted by atomic mass is 9.94. The van der Waals surface area contributed by atoms with Crippen LogP contribution < -0.4 is 0 Å². The molecule has 2 rings (SSSR count). The van der Waals surface area contributed by atoms with Crippen LogP contribution in [0.4, 0.5) is 0 Å². The van der Waals surface area contributed by atoms with Crippen LogP contribution in [0.2, 0.25) is 5.02 Å². The molecule has 1 unspecified atom stereocenters. The van der Waals surface area contributed by atoms with Crippen LogP contribution in [0.1, 0.15) is 17.0 Å². The minimum Gasteiger partial charge on any atom is -0.263 e. The van der Waals surface area contributed by atoms with E-state index in [2.05, 4.69) is 55.0 Å². The van der Waals surface area contributed by atoms with Crippen LogP contribution in [0.15, 0.2) is 47.2 Å². The first-order valence-electron chi connectivity index (χ1n) is 5.61. The van der Waals surface area contributed by atoms with Crippen LogP contribution in [0.25, 0.3) is 0 Å². The Hall–Kier alpha value is -0.380. The molecule has 4 heteroatoms. The largest absolute Gasteiger partial charge is 0.263 e. The summed E-state index contributed by atoms with van der Waals surface area (Å²) >= 11 is 13.4. The van der Waals surface area contributed by atoms with Crippen molar-refractivity contribution in [2.75, 3.05) is 5.33 Å². The topological polar surface area (TPSA) is 12.9 Å². The second-order valence-corrected chi connectivity index (χ2v) is 5.95. The minimum atomic E-state index is 0.389. The first-order valence-corrected chi connectivity index (χ1v) is 7.90. The minimum absolute atomic E-state index is 0.389. The predicted octanol–water partition coefficient (Wildman–Crippen LogP) is 5.22. The van der Waals surface area contributed by atoms with Crippen molar-refractivity contribution in [1.82, 2.24) is 4.98 Å². The van der Waals surface area contributed by atoms with Gasteiger partial charge in [-0.3, -0.25) is 4.98 Å². The number of hydrogen-bond donors (Lipinski definition) is 0. The maximum Gasteiger partial charge on any atom is 0.0621 e. The molecule has 2 aromatic rings. The van der Waals surface area contributed by atoms with E-state index in [9.17, 15) is 0 Å². The Balaban J connectivity index is 2.26. The standard InChI is InChI=1S/C14H12Br2ClN/c15-8-11(12-3-1-2-4-13(12)16)7-10-5-6-18-9-14(10)17/h1-6,9,11H,7-8H2. The van der Waals surface area contributed by atoms with Gasteiger partial charge in [0.05, 0.1) is 5.02 Å². The van der Waals surface area contributed by atoms with E-state index in [0.29, 0.717) is 5.92 Å². The Bertz CT molecular complexity index is 531. The van der Waals surface area contributed by atoms with Gasteiger partial charge in [0.2, 0.25) is 0 Å². The Morgan fingerprint density at radius 2 is 2.00 bits per heavy atom. The van der Waals surface area contributed by atoms with Gasteiger partial charge in [-0.15, -0.1) is 0 Å². The summed E-state index contributed by atoms with van der Waals surface area (Å²) in [7, 11) is 0. The molecule has 0 bridgehead atoms. The van der Waals surface area contributed by atoms with Crippen LogP contribution >= 0.6 is 43.5 Å². The number of benzene rings is 1. The highest BCUT2D eigenvalue weighted by molar-refractivity contribution is 9.10. The van der Waals surface area contributed by atoms with Gasteiger partial charge >= 0.3 is 0 Å². The fourth-order valence-corrected chi connectivity index (χ4v) is 3.27. The molecule has 1 aromatic carbocycles. The summed E-state index contributed by atoms with van der Waals surface area (Å²) in [5, 5.41) is 1.63. The van der Waals surface area contributed by atoms with E-state index in [0.717, 1.165) is 26.8 Å². The second kappa shape index (κ2) is 6.69. The number of hydrogen-bond acceptors (Lipinski definition) is 1. The third-order valence-corrected chi connectivity index (χ3v) is 4.70. The molecule has 0 aliphatic heterocycles. The molecule has 0 radical (unpaired) electrons. The zero-order valence-electron chi connectivity index (χ0n) is 9.61. The first-order chi connectivity index (χ1) is 8.72. The summed E-state index contributed by atoms with van der Waals surface area (Å²) in [6, 6.07) is 10.3. The van der Waals surface area contributed by atoms with Gasteiger partial charge in [-0.2, -0.15) is 0 Å². The maximum atomic E-state index is 6.16. The van der Waals surface area contributed by atoms with Gasteiger partial charge in [0, 0.05) is 22.2 Å². The van der Waals surface area contributed by atoms with Crippen molar-refractivity contribution in [3.63, 3.8) is 0 Å². The average molecular weight is 390 g/mol. The van der Waals surface area contributed by atoms with E-state index >= 15 is 0 Å². The molecule has 0 fully saturated rings. The van der Waals surface area contributed by atoms with E-state index in [4.69, 9.17) is 11.6 Å². The normalized spacial score (nSPS) is 12.4. The fraction of sp³-hybridized carbons (Fsp3) is 0.214. The lowest BCUT2D eigenvalue weighted by molar-refractivity contribution is 0.770. The molecule has 0 saturated carbocycles. The lowest BCUT2D eigenvalue weighted by Gasteiger charge is -2.16. The van der Waals surface area contributed by atoms with Crippen molar-refractivity contribution in [3.05, 3.63) is 63.3 Å². The number of alkyl halides is 1. The summed E-state index contributed by atoms with van der Waals surface area (Å²) < 4.78 is 1.14. The van der Waals surface area contributed by atoms with E-state index in [1.165, 1.54) is 5.56 Å². The molecule has 0 aliphatic rings. The van der Waals surface area contributed by atoms with Crippen molar-refractivity contribution < 1.29 is 0 Å². The summed E-state index contributed by atoms with van der Waals surface area (Å²) in [4.78, 5) is 4.02. The van der Waals surface area contributed by atoms with E-state index in [-0.39, 0.29) is 0 Å². The van der Waals surface area contributed by atoms with Crippen molar-refractivity contribution in [2.45, 2.75) is 12.3 Å². The third-order valence-electron chi connectivity index (χ3n) is 2.85. The predicted molar refractivity (Wildman–Crippen MR) is 83.6 cm³/mol. The van der Waals surface area contributed by atoms with Crippen LogP contribution in [0, 0.1) is 0 Å². The quantitative estimate of drug-likeness (QED) is 0.654. The molecule has 0 N–H and O–H groups in total. The lowest BCUT2D eigenvalue weighted by Crippen LogP contribution is -2.06. The molecule has 0 spiro atoms. The number of aromatic nitrogens is 1. The molecular formula is C14H12Br2ClN. The summed E-state index contributed by atoms with van der Waals surface area (Å²) in [5.41, 5.74) is 2.43. The monoisotopic (exact) mass is 387 g/mol. The highest BCUT2D eigenvalue weighted by atomic mass is 79.9. The Morgan fingerprint density at radius 1 is 1.22 bits per heavy atom. The smallest absolute Gasteiger partial charge is 0.0621 e. The van der Waals surface area contributed by atoms with Gasteiger partial charge in [-0.05, 0) is 35.6 Å². The summed E-state index contributed by atoms with van der Waals surface area (Å²) in [6.07, 6.45) is 4.38. The first kappa shape index (κ1) is 14.0. The van der Waals surface area contributed by atoms with Gasteiger partial charge in [-0.25, -0.2) is 0 Å². The van der Waals surface area contributed by atoms with Gasteiger partial charge in [0.15, 0.2) is 0 Å². The number of rotatable bonds is 4. The Labute approximate surface area is 129 Å². The van der Waals surface area contributed by atoms with E-state index in [1.54, 1.807) is 12.4 Å². The van der Waals surface area contributed by atoms with Crippen molar-refractivity contribution in [3.8, 4) is 0 Å². The van der Waals surface area contributed by atoms with Gasteiger partial charge in [0.25, 0.3) is 0 Å². The SMILES string of the molecule is Clc1cnccc1CC(CBr)c1ccccc1Br. The van der Waals surface area contributed by atoms with E-state index in [1.807, 2.05) is 12.1 Å². The molecule has 0 aliphatic carbocycles. The van der Waals surface area contributed by atoms with Crippen molar-refractivity contribution in [2.24, 2.45) is 0 Å². The number of nitrogens with zero attached hydrogens (tertiary/aromatic N) is 1. The average Bonchev–Trinajstić information content (AvgIpc) is 2.39. The zero-order valence-corrected chi connectivity index (χ0v) is 13.5. The molecule has 1 nitrogen and oxygen atoms in total. The second-order valence-electron chi connectivity index (χ2n) is 4.04. The Morgan fingerprint density at radius 3 is 2.67 bits per heavy atom. The molecule has 0 saturated heterocycles. The zero-order chi connectivity index (χ0) is 13.0.